The molecule has 0 radical (unpaired) electrons. The van der Waals surface area contributed by atoms with Gasteiger partial charge in [-0.2, -0.15) is 4.39 Å². The molecule has 0 heterocycles. The van der Waals surface area contributed by atoms with E-state index in [-0.39, 0.29) is 5.57 Å². The highest BCUT2D eigenvalue weighted by molar-refractivity contribution is 5.30. The quantitative estimate of drug-likeness (QED) is 0.403. The van der Waals surface area contributed by atoms with E-state index in [1.165, 1.54) is 39.0 Å². The van der Waals surface area contributed by atoms with Crippen LogP contribution in [0.15, 0.2) is 36.1 Å². The molecule has 2 saturated carbocycles. The third kappa shape index (κ3) is 7.33. The first kappa shape index (κ1) is 21.9. The second-order valence-corrected chi connectivity index (χ2v) is 8.06. The van der Waals surface area contributed by atoms with Crippen LogP contribution in [-0.2, 0) is 0 Å². The van der Waals surface area contributed by atoms with Gasteiger partial charge in [-0.15, -0.1) is 0 Å². The van der Waals surface area contributed by atoms with Crippen molar-refractivity contribution in [1.82, 2.24) is 0 Å². The third-order valence-electron chi connectivity index (χ3n) is 6.02. The Labute approximate surface area is 152 Å². The fourth-order valence-electron chi connectivity index (χ4n) is 4.14. The third-order valence-corrected chi connectivity index (χ3v) is 6.02. The van der Waals surface area contributed by atoms with Crippen LogP contribution in [0.5, 0.6) is 0 Å². The lowest BCUT2D eigenvalue weighted by Crippen LogP contribution is -2.25. The maximum atomic E-state index is 12.4. The van der Waals surface area contributed by atoms with Crippen molar-refractivity contribution in [2.75, 3.05) is 0 Å². The van der Waals surface area contributed by atoms with Gasteiger partial charge in [-0.3, -0.25) is 0 Å². The molecule has 1 nitrogen and oxygen atoms in total. The predicted octanol–water partition coefficient (Wildman–Crippen LogP) is 7.81. The number of halogens is 2. The van der Waals surface area contributed by atoms with E-state index in [1.54, 1.807) is 25.7 Å². The molecule has 0 aromatic carbocycles. The molecule has 0 unspecified atom stereocenters. The number of allylic oxidation sites excluding steroid dienone is 3. The number of aliphatic hydroxyl groups is 1. The second-order valence-electron chi connectivity index (χ2n) is 8.06. The van der Waals surface area contributed by atoms with Crippen molar-refractivity contribution in [3.63, 3.8) is 0 Å². The average Bonchev–Trinajstić information content (AvgIpc) is 2.61. The average molecular weight is 355 g/mol. The van der Waals surface area contributed by atoms with E-state index >= 15 is 0 Å². The molecule has 0 amide bonds. The monoisotopic (exact) mass is 354 g/mol. The van der Waals surface area contributed by atoms with Crippen LogP contribution in [0.4, 0.5) is 8.78 Å². The zero-order valence-corrected chi connectivity index (χ0v) is 16.3. The summed E-state index contributed by atoms with van der Waals surface area (Å²) in [6.07, 6.45) is 13.7. The summed E-state index contributed by atoms with van der Waals surface area (Å²) in [6.45, 7) is 12.0. The van der Waals surface area contributed by atoms with Crippen molar-refractivity contribution in [3.8, 4) is 0 Å². The lowest BCUT2D eigenvalue weighted by atomic mass is 9.69. The molecule has 2 fully saturated rings. The van der Waals surface area contributed by atoms with Gasteiger partial charge in [0, 0.05) is 0 Å². The summed E-state index contributed by atoms with van der Waals surface area (Å²) >= 11 is 0. The highest BCUT2D eigenvalue weighted by atomic mass is 19.2. The lowest BCUT2D eigenvalue weighted by molar-refractivity contribution is 0.149. The van der Waals surface area contributed by atoms with Crippen LogP contribution in [-0.4, -0.2) is 5.11 Å². The lowest BCUT2D eigenvalue weighted by Gasteiger charge is -2.37. The molecule has 2 aliphatic rings. The van der Waals surface area contributed by atoms with Crippen molar-refractivity contribution in [2.45, 2.75) is 78.6 Å². The van der Waals surface area contributed by atoms with Crippen LogP contribution < -0.4 is 0 Å². The van der Waals surface area contributed by atoms with Gasteiger partial charge in [-0.1, -0.05) is 59.1 Å². The fourth-order valence-corrected chi connectivity index (χ4v) is 4.14. The highest BCUT2D eigenvalue weighted by Crippen LogP contribution is 2.41. The first-order valence-electron chi connectivity index (χ1n) is 9.85. The van der Waals surface area contributed by atoms with E-state index in [0.717, 1.165) is 23.7 Å². The minimum absolute atomic E-state index is 0.0762. The van der Waals surface area contributed by atoms with Gasteiger partial charge in [0.2, 0.25) is 0 Å². The Kier molecular flexibility index (Phi) is 9.45. The summed E-state index contributed by atoms with van der Waals surface area (Å²) in [7, 11) is 0. The summed E-state index contributed by atoms with van der Waals surface area (Å²) in [6, 6.07) is 0. The van der Waals surface area contributed by atoms with Gasteiger partial charge in [-0.25, -0.2) is 4.39 Å². The molecule has 2 rings (SSSR count). The first-order chi connectivity index (χ1) is 11.8. The van der Waals surface area contributed by atoms with Gasteiger partial charge in [0.1, 0.15) is 5.76 Å². The van der Waals surface area contributed by atoms with E-state index < -0.39 is 17.4 Å². The highest BCUT2D eigenvalue weighted by Gasteiger charge is 2.29. The van der Waals surface area contributed by atoms with Crippen LogP contribution in [0.2, 0.25) is 0 Å². The molecular formula is C22H36F2O. The maximum Gasteiger partial charge on any atom is 0.199 e. The van der Waals surface area contributed by atoms with Gasteiger partial charge < -0.3 is 5.11 Å². The van der Waals surface area contributed by atoms with E-state index in [0.29, 0.717) is 0 Å². The van der Waals surface area contributed by atoms with Crippen LogP contribution in [0.25, 0.3) is 0 Å². The predicted molar refractivity (Wildman–Crippen MR) is 103 cm³/mol. The molecule has 1 N–H and O–H groups in total. The molecule has 0 bridgehead atoms. The standard InChI is InChI=1S/C15H28.C7H8F2O/c1-3-13-6-10-15(11-7-13)14-8-4-12(2)5-9-14;1-4(2)6(8)7(9)5(3)10/h12-15H,3-11H2,1-2H3;10H,1,3H2,2H3/b;7-6-. The zero-order valence-electron chi connectivity index (χ0n) is 16.3. The van der Waals surface area contributed by atoms with Crippen molar-refractivity contribution in [2.24, 2.45) is 23.7 Å². The van der Waals surface area contributed by atoms with Gasteiger partial charge in [-0.05, 0) is 61.9 Å². The molecule has 144 valence electrons. The molecule has 0 aliphatic heterocycles. The molecule has 0 atom stereocenters. The van der Waals surface area contributed by atoms with E-state index in [4.69, 9.17) is 5.11 Å². The van der Waals surface area contributed by atoms with Crippen molar-refractivity contribution in [3.05, 3.63) is 36.1 Å². The summed E-state index contributed by atoms with van der Waals surface area (Å²) in [4.78, 5) is 0. The molecule has 0 aromatic rings. The Bertz CT molecular complexity index is 442. The number of hydrogen-bond donors (Lipinski definition) is 1. The minimum atomic E-state index is -1.35. The summed E-state index contributed by atoms with van der Waals surface area (Å²) in [5.41, 5.74) is -0.0762. The largest absolute Gasteiger partial charge is 0.505 e. The number of aliphatic hydroxyl groups excluding tert-OH is 1. The summed E-state index contributed by atoms with van der Waals surface area (Å²) in [5.74, 6) is 0.886. The molecule has 0 spiro atoms. The Morgan fingerprint density at radius 3 is 1.64 bits per heavy atom. The zero-order chi connectivity index (χ0) is 19.0. The molecule has 0 aromatic heterocycles. The Morgan fingerprint density at radius 1 is 0.880 bits per heavy atom. The van der Waals surface area contributed by atoms with Gasteiger partial charge in [0.05, 0.1) is 0 Å². The van der Waals surface area contributed by atoms with Crippen LogP contribution in [0.1, 0.15) is 78.6 Å². The molecular weight excluding hydrogens is 318 g/mol. The number of rotatable bonds is 4. The van der Waals surface area contributed by atoms with Gasteiger partial charge in [0.25, 0.3) is 0 Å². The Hall–Kier alpha value is -1.12. The maximum absolute atomic E-state index is 12.4. The Balaban J connectivity index is 0.000000275. The van der Waals surface area contributed by atoms with Crippen molar-refractivity contribution in [1.29, 1.82) is 0 Å². The summed E-state index contributed by atoms with van der Waals surface area (Å²) < 4.78 is 24.6. The molecule has 2 aliphatic carbocycles. The fraction of sp³-hybridized carbons (Fsp3) is 0.727. The normalized spacial score (nSPS) is 30.6. The van der Waals surface area contributed by atoms with Crippen molar-refractivity contribution < 1.29 is 13.9 Å². The smallest absolute Gasteiger partial charge is 0.199 e. The SMILES string of the molecule is C=C(C)/C(F)=C(/F)C(=C)O.CCC1CCC(C2CCC(C)CC2)CC1. The van der Waals surface area contributed by atoms with Crippen LogP contribution >= 0.6 is 0 Å². The molecule has 3 heteroatoms. The van der Waals surface area contributed by atoms with E-state index in [2.05, 4.69) is 27.0 Å². The second kappa shape index (κ2) is 10.8. The van der Waals surface area contributed by atoms with Crippen molar-refractivity contribution >= 4 is 0 Å². The number of hydrogen-bond acceptors (Lipinski definition) is 1. The van der Waals surface area contributed by atoms with Gasteiger partial charge in [0.15, 0.2) is 11.7 Å². The van der Waals surface area contributed by atoms with Crippen LogP contribution in [0.3, 0.4) is 0 Å². The van der Waals surface area contributed by atoms with E-state index in [9.17, 15) is 8.78 Å². The first-order valence-corrected chi connectivity index (χ1v) is 9.85. The minimum Gasteiger partial charge on any atom is -0.505 e. The van der Waals surface area contributed by atoms with Gasteiger partial charge >= 0.3 is 0 Å². The Morgan fingerprint density at radius 2 is 1.32 bits per heavy atom. The topological polar surface area (TPSA) is 20.2 Å². The molecule has 0 saturated heterocycles. The molecule has 25 heavy (non-hydrogen) atoms. The van der Waals surface area contributed by atoms with E-state index in [1.807, 2.05) is 0 Å². The summed E-state index contributed by atoms with van der Waals surface area (Å²) in [5, 5.41) is 8.33. The van der Waals surface area contributed by atoms with Crippen LogP contribution in [0, 0.1) is 23.7 Å².